The molecule has 1 atom stereocenters. The molecule has 0 aliphatic carbocycles. The van der Waals surface area contributed by atoms with Crippen molar-refractivity contribution in [2.45, 2.75) is 19.4 Å². The fraction of sp³-hybridized carbons (Fsp3) is 0.286. The first-order valence-corrected chi connectivity index (χ1v) is 5.73. The van der Waals surface area contributed by atoms with Crippen LogP contribution in [0.3, 0.4) is 0 Å². The van der Waals surface area contributed by atoms with Crippen molar-refractivity contribution >= 4 is 0 Å². The van der Waals surface area contributed by atoms with E-state index in [0.717, 1.165) is 35.5 Å². The molecule has 17 heavy (non-hydrogen) atoms. The Hall–Kier alpha value is -1.74. The van der Waals surface area contributed by atoms with Crippen molar-refractivity contribution in [1.82, 2.24) is 0 Å². The Balaban J connectivity index is 1.97. The minimum atomic E-state index is -0.698. The monoisotopic (exact) mass is 230 g/mol. The highest BCUT2D eigenvalue weighted by molar-refractivity contribution is 5.42. The molecule has 3 rings (SSSR count). The van der Waals surface area contributed by atoms with Crippen LogP contribution in [0.25, 0.3) is 0 Å². The molecule has 1 aliphatic heterocycles. The van der Waals surface area contributed by atoms with E-state index in [9.17, 15) is 5.11 Å². The third kappa shape index (κ3) is 1.72. The Morgan fingerprint density at radius 3 is 2.94 bits per heavy atom. The van der Waals surface area contributed by atoms with Crippen LogP contribution in [0.2, 0.25) is 0 Å². The standard InChI is InChI=1S/C14H14O3/c1-9-4-6-17-14(9)13(15)11-2-3-12-10(8-11)5-7-16-12/h2-4,6,8,13,15H,5,7H2,1H3. The van der Waals surface area contributed by atoms with Gasteiger partial charge < -0.3 is 14.3 Å². The van der Waals surface area contributed by atoms with Gasteiger partial charge in [-0.1, -0.05) is 6.07 Å². The number of furan rings is 1. The van der Waals surface area contributed by atoms with Gasteiger partial charge in [-0.15, -0.1) is 0 Å². The van der Waals surface area contributed by atoms with Gasteiger partial charge in [-0.3, -0.25) is 0 Å². The largest absolute Gasteiger partial charge is 0.493 e. The molecule has 0 radical (unpaired) electrons. The number of hydrogen-bond acceptors (Lipinski definition) is 3. The van der Waals surface area contributed by atoms with Crippen molar-refractivity contribution in [2.24, 2.45) is 0 Å². The van der Waals surface area contributed by atoms with Gasteiger partial charge in [-0.05, 0) is 41.8 Å². The summed E-state index contributed by atoms with van der Waals surface area (Å²) >= 11 is 0. The van der Waals surface area contributed by atoms with E-state index in [2.05, 4.69) is 0 Å². The van der Waals surface area contributed by atoms with Gasteiger partial charge in [0.25, 0.3) is 0 Å². The number of benzene rings is 1. The molecule has 3 nitrogen and oxygen atoms in total. The van der Waals surface area contributed by atoms with E-state index in [1.54, 1.807) is 6.26 Å². The topological polar surface area (TPSA) is 42.6 Å². The lowest BCUT2D eigenvalue weighted by Gasteiger charge is -2.10. The molecular weight excluding hydrogens is 216 g/mol. The maximum absolute atomic E-state index is 10.3. The van der Waals surface area contributed by atoms with Gasteiger partial charge in [0, 0.05) is 6.42 Å². The van der Waals surface area contributed by atoms with Crippen LogP contribution in [-0.4, -0.2) is 11.7 Å². The molecule has 0 spiro atoms. The molecular formula is C14H14O3. The highest BCUT2D eigenvalue weighted by Gasteiger charge is 2.19. The van der Waals surface area contributed by atoms with Crippen LogP contribution < -0.4 is 4.74 Å². The van der Waals surface area contributed by atoms with E-state index in [0.29, 0.717) is 5.76 Å². The summed E-state index contributed by atoms with van der Waals surface area (Å²) in [6, 6.07) is 7.65. The number of ether oxygens (including phenoxy) is 1. The van der Waals surface area contributed by atoms with E-state index in [4.69, 9.17) is 9.15 Å². The van der Waals surface area contributed by atoms with Crippen LogP contribution in [0.5, 0.6) is 5.75 Å². The van der Waals surface area contributed by atoms with E-state index < -0.39 is 6.10 Å². The van der Waals surface area contributed by atoms with Crippen molar-refractivity contribution in [2.75, 3.05) is 6.61 Å². The van der Waals surface area contributed by atoms with E-state index in [-0.39, 0.29) is 0 Å². The van der Waals surface area contributed by atoms with Crippen LogP contribution in [-0.2, 0) is 6.42 Å². The van der Waals surface area contributed by atoms with Gasteiger partial charge in [0.1, 0.15) is 17.6 Å². The summed E-state index contributed by atoms with van der Waals surface area (Å²) in [6.45, 7) is 2.66. The Kier molecular flexibility index (Phi) is 2.41. The second-order valence-electron chi connectivity index (χ2n) is 4.34. The lowest BCUT2D eigenvalue weighted by atomic mass is 10.0. The molecule has 0 saturated heterocycles. The molecule has 2 heterocycles. The second kappa shape index (κ2) is 3.93. The van der Waals surface area contributed by atoms with Gasteiger partial charge >= 0.3 is 0 Å². The second-order valence-corrected chi connectivity index (χ2v) is 4.34. The first-order chi connectivity index (χ1) is 8.25. The fourth-order valence-electron chi connectivity index (χ4n) is 2.19. The molecule has 1 aromatic carbocycles. The van der Waals surface area contributed by atoms with Crippen LogP contribution in [0.15, 0.2) is 34.9 Å². The van der Waals surface area contributed by atoms with Crippen LogP contribution in [0, 0.1) is 6.92 Å². The Morgan fingerprint density at radius 1 is 1.29 bits per heavy atom. The SMILES string of the molecule is Cc1ccoc1C(O)c1ccc2c(c1)CCO2. The number of aryl methyl sites for hydroxylation is 1. The van der Waals surface area contributed by atoms with Crippen molar-refractivity contribution < 1.29 is 14.3 Å². The van der Waals surface area contributed by atoms with Crippen LogP contribution in [0.4, 0.5) is 0 Å². The first kappa shape index (κ1) is 10.4. The molecule has 0 bridgehead atoms. The lowest BCUT2D eigenvalue weighted by Crippen LogP contribution is -2.00. The zero-order valence-corrected chi connectivity index (χ0v) is 9.64. The summed E-state index contributed by atoms with van der Waals surface area (Å²) in [4.78, 5) is 0. The smallest absolute Gasteiger partial charge is 0.139 e. The van der Waals surface area contributed by atoms with Crippen molar-refractivity contribution in [3.05, 3.63) is 53.0 Å². The highest BCUT2D eigenvalue weighted by atomic mass is 16.5. The van der Waals surface area contributed by atoms with E-state index >= 15 is 0 Å². The molecule has 1 aromatic heterocycles. The molecule has 1 aliphatic rings. The van der Waals surface area contributed by atoms with Gasteiger partial charge in [-0.2, -0.15) is 0 Å². The quantitative estimate of drug-likeness (QED) is 0.862. The third-order valence-corrected chi connectivity index (χ3v) is 3.18. The Morgan fingerprint density at radius 2 is 2.18 bits per heavy atom. The average molecular weight is 230 g/mol. The molecule has 2 aromatic rings. The Bertz CT molecular complexity index is 542. The average Bonchev–Trinajstić information content (AvgIpc) is 2.95. The number of aliphatic hydroxyl groups is 1. The third-order valence-electron chi connectivity index (χ3n) is 3.18. The molecule has 1 unspecified atom stereocenters. The van der Waals surface area contributed by atoms with Gasteiger partial charge in [0.15, 0.2) is 0 Å². The summed E-state index contributed by atoms with van der Waals surface area (Å²) < 4.78 is 10.8. The van der Waals surface area contributed by atoms with Crippen LogP contribution in [0.1, 0.15) is 28.6 Å². The van der Waals surface area contributed by atoms with E-state index in [1.165, 1.54) is 0 Å². The number of fused-ring (bicyclic) bond motifs is 1. The minimum Gasteiger partial charge on any atom is -0.493 e. The summed E-state index contributed by atoms with van der Waals surface area (Å²) in [5.41, 5.74) is 2.98. The molecule has 0 amide bonds. The van der Waals surface area contributed by atoms with Crippen molar-refractivity contribution in [3.8, 4) is 5.75 Å². The zero-order valence-electron chi connectivity index (χ0n) is 9.64. The van der Waals surface area contributed by atoms with Gasteiger partial charge in [-0.25, -0.2) is 0 Å². The maximum Gasteiger partial charge on any atom is 0.139 e. The molecule has 0 fully saturated rings. The highest BCUT2D eigenvalue weighted by Crippen LogP contribution is 2.31. The maximum atomic E-state index is 10.3. The number of aliphatic hydroxyl groups excluding tert-OH is 1. The Labute approximate surface area is 99.6 Å². The van der Waals surface area contributed by atoms with Gasteiger partial charge in [0.05, 0.1) is 12.9 Å². The molecule has 1 N–H and O–H groups in total. The van der Waals surface area contributed by atoms with Crippen LogP contribution >= 0.6 is 0 Å². The number of hydrogen-bond donors (Lipinski definition) is 1. The van der Waals surface area contributed by atoms with Crippen molar-refractivity contribution in [3.63, 3.8) is 0 Å². The normalized spacial score (nSPS) is 15.4. The zero-order chi connectivity index (χ0) is 11.8. The molecule has 3 heteroatoms. The van der Waals surface area contributed by atoms with Gasteiger partial charge in [0.2, 0.25) is 0 Å². The molecule has 0 saturated carbocycles. The predicted molar refractivity (Wildman–Crippen MR) is 63.1 cm³/mol. The predicted octanol–water partition coefficient (Wildman–Crippen LogP) is 2.60. The summed E-state index contributed by atoms with van der Waals surface area (Å²) in [7, 11) is 0. The van der Waals surface area contributed by atoms with E-state index in [1.807, 2.05) is 31.2 Å². The minimum absolute atomic E-state index is 0.615. The summed E-state index contributed by atoms with van der Waals surface area (Å²) in [5.74, 6) is 1.54. The lowest BCUT2D eigenvalue weighted by molar-refractivity contribution is 0.188. The fourth-order valence-corrected chi connectivity index (χ4v) is 2.19. The summed E-state index contributed by atoms with van der Waals surface area (Å²) in [6.07, 6.45) is 1.81. The first-order valence-electron chi connectivity index (χ1n) is 5.73. The van der Waals surface area contributed by atoms with Crippen molar-refractivity contribution in [1.29, 1.82) is 0 Å². The summed E-state index contributed by atoms with van der Waals surface area (Å²) in [5, 5.41) is 10.3. The number of rotatable bonds is 2. The molecule has 88 valence electrons.